The van der Waals surface area contributed by atoms with Crippen molar-refractivity contribution in [2.45, 2.75) is 26.8 Å². The fraction of sp³-hybridized carbons (Fsp3) is 0.333. The van der Waals surface area contributed by atoms with E-state index in [4.69, 9.17) is 15.1 Å². The van der Waals surface area contributed by atoms with Gasteiger partial charge in [-0.3, -0.25) is 13.9 Å². The molecule has 0 spiro atoms. The number of rotatable bonds is 5. The second-order valence-electron chi connectivity index (χ2n) is 5.66. The average Bonchev–Trinajstić information content (AvgIpc) is 2.64. The van der Waals surface area contributed by atoms with Gasteiger partial charge in [0.05, 0.1) is 11.1 Å². The highest BCUT2D eigenvalue weighted by Crippen LogP contribution is 2.18. The quantitative estimate of drug-likeness (QED) is 0.640. The Bertz CT molecular complexity index is 958. The van der Waals surface area contributed by atoms with Gasteiger partial charge in [0.15, 0.2) is 5.90 Å². The Labute approximate surface area is 150 Å². The molecule has 8 heteroatoms. The molecule has 1 aromatic carbocycles. The number of para-hydroxylation sites is 1. The topological polar surface area (TPSA) is 110 Å². The first-order chi connectivity index (χ1) is 12.4. The maximum atomic E-state index is 12.4. The number of nitrogens with zero attached hydrogens (tertiary/aromatic N) is 4. The summed E-state index contributed by atoms with van der Waals surface area (Å²) in [7, 11) is 1.51. The molecule has 0 amide bonds. The number of aromatic nitrogens is 2. The summed E-state index contributed by atoms with van der Waals surface area (Å²) in [5, 5.41) is 18.0. The van der Waals surface area contributed by atoms with Crippen molar-refractivity contribution in [3.8, 4) is 11.8 Å². The normalized spacial score (nSPS) is 11.3. The second kappa shape index (κ2) is 8.27. The predicted molar refractivity (Wildman–Crippen MR) is 96.9 cm³/mol. The summed E-state index contributed by atoms with van der Waals surface area (Å²) < 4.78 is 7.93. The van der Waals surface area contributed by atoms with E-state index in [2.05, 4.69) is 4.99 Å². The van der Waals surface area contributed by atoms with E-state index in [9.17, 15) is 9.59 Å². The van der Waals surface area contributed by atoms with Gasteiger partial charge in [-0.2, -0.15) is 10.3 Å². The van der Waals surface area contributed by atoms with Crippen molar-refractivity contribution in [3.05, 3.63) is 56.2 Å². The molecule has 0 aliphatic heterocycles. The summed E-state index contributed by atoms with van der Waals surface area (Å²) in [5.41, 5.74) is -0.322. The molecule has 2 aromatic rings. The summed E-state index contributed by atoms with van der Waals surface area (Å²) in [6, 6.07) is 8.73. The van der Waals surface area contributed by atoms with Gasteiger partial charge >= 0.3 is 5.69 Å². The molecule has 2 rings (SSSR count). The lowest BCUT2D eigenvalue weighted by molar-refractivity contribution is 0.277. The Kier molecular flexibility index (Phi) is 6.09. The minimum atomic E-state index is -0.516. The maximum Gasteiger partial charge on any atom is 0.332 e. The van der Waals surface area contributed by atoms with Gasteiger partial charge in [0.25, 0.3) is 5.56 Å². The number of aliphatic hydroxyl groups is 1. The van der Waals surface area contributed by atoms with Gasteiger partial charge < -0.3 is 9.84 Å². The largest absolute Gasteiger partial charge is 0.442 e. The number of ether oxygens (including phenoxy) is 1. The highest BCUT2D eigenvalue weighted by Gasteiger charge is 2.14. The minimum Gasteiger partial charge on any atom is -0.442 e. The van der Waals surface area contributed by atoms with Gasteiger partial charge in [0.2, 0.25) is 0 Å². The third-order valence-electron chi connectivity index (χ3n) is 3.81. The lowest BCUT2D eigenvalue weighted by atomic mass is 10.2. The van der Waals surface area contributed by atoms with Crippen LogP contribution in [0.3, 0.4) is 0 Å². The minimum absolute atomic E-state index is 0.111. The first-order valence-electron chi connectivity index (χ1n) is 8.04. The van der Waals surface area contributed by atoms with Gasteiger partial charge in [-0.25, -0.2) is 4.79 Å². The fourth-order valence-corrected chi connectivity index (χ4v) is 2.47. The second-order valence-corrected chi connectivity index (χ2v) is 5.66. The van der Waals surface area contributed by atoms with Gasteiger partial charge in [0, 0.05) is 27.1 Å². The smallest absolute Gasteiger partial charge is 0.332 e. The third-order valence-corrected chi connectivity index (χ3v) is 3.81. The van der Waals surface area contributed by atoms with E-state index in [-0.39, 0.29) is 24.9 Å². The van der Waals surface area contributed by atoms with Crippen LogP contribution >= 0.6 is 0 Å². The average molecular weight is 356 g/mol. The van der Waals surface area contributed by atoms with Gasteiger partial charge in [-0.05, 0) is 25.5 Å². The molecule has 1 aromatic heterocycles. The van der Waals surface area contributed by atoms with Crippen LogP contribution in [0, 0.1) is 18.3 Å². The number of hydrogen-bond donors (Lipinski definition) is 1. The van der Waals surface area contributed by atoms with Crippen LogP contribution in [-0.2, 0) is 13.6 Å². The Balaban J connectivity index is 2.46. The van der Waals surface area contributed by atoms with E-state index in [0.29, 0.717) is 23.3 Å². The maximum absolute atomic E-state index is 12.4. The summed E-state index contributed by atoms with van der Waals surface area (Å²) in [5.74, 6) is 0.723. The molecule has 0 saturated heterocycles. The Morgan fingerprint density at radius 1 is 1.35 bits per heavy atom. The zero-order valence-corrected chi connectivity index (χ0v) is 14.9. The van der Waals surface area contributed by atoms with E-state index < -0.39 is 11.2 Å². The van der Waals surface area contributed by atoms with E-state index in [1.165, 1.54) is 11.6 Å². The van der Waals surface area contributed by atoms with Crippen molar-refractivity contribution in [3.63, 3.8) is 0 Å². The van der Waals surface area contributed by atoms with Crippen molar-refractivity contribution in [2.75, 3.05) is 6.61 Å². The highest BCUT2D eigenvalue weighted by atomic mass is 16.5. The lowest BCUT2D eigenvalue weighted by Crippen LogP contribution is -2.40. The van der Waals surface area contributed by atoms with Crippen molar-refractivity contribution in [1.29, 1.82) is 5.26 Å². The van der Waals surface area contributed by atoms with Crippen LogP contribution in [0.1, 0.15) is 24.5 Å². The van der Waals surface area contributed by atoms with Crippen LogP contribution in [0.2, 0.25) is 0 Å². The number of aliphatic hydroxyl groups excluding tert-OH is 1. The molecular weight excluding hydrogens is 336 g/mol. The Morgan fingerprint density at radius 3 is 2.69 bits per heavy atom. The van der Waals surface area contributed by atoms with Gasteiger partial charge in [-0.15, -0.1) is 0 Å². The summed E-state index contributed by atoms with van der Waals surface area (Å²) in [6.07, 6.45) is 0.310. The predicted octanol–water partition coefficient (Wildman–Crippen LogP) is 1.24. The van der Waals surface area contributed by atoms with E-state index in [1.807, 2.05) is 6.07 Å². The van der Waals surface area contributed by atoms with Gasteiger partial charge in [0.1, 0.15) is 17.6 Å². The Morgan fingerprint density at radius 2 is 2.04 bits per heavy atom. The molecule has 26 heavy (non-hydrogen) atoms. The van der Waals surface area contributed by atoms with Crippen molar-refractivity contribution in [1.82, 2.24) is 9.13 Å². The lowest BCUT2D eigenvalue weighted by Gasteiger charge is -2.13. The molecule has 1 N–H and O–H groups in total. The number of hydrogen-bond acceptors (Lipinski definition) is 6. The summed E-state index contributed by atoms with van der Waals surface area (Å²) >= 11 is 0. The third kappa shape index (κ3) is 3.90. The van der Waals surface area contributed by atoms with Crippen LogP contribution in [0.5, 0.6) is 5.75 Å². The molecule has 0 fully saturated rings. The SMILES string of the molecule is CC(=Nc1c(C)c(=O)n(CCCO)c(=O)n1C)Oc1ccccc1C#N. The molecule has 0 unspecified atom stereocenters. The molecule has 0 radical (unpaired) electrons. The molecular formula is C18H20N4O4. The monoisotopic (exact) mass is 356 g/mol. The molecule has 1 heterocycles. The molecule has 0 aliphatic rings. The first kappa shape index (κ1) is 19.1. The van der Waals surface area contributed by atoms with Crippen LogP contribution in [0.25, 0.3) is 0 Å². The van der Waals surface area contributed by atoms with E-state index in [0.717, 1.165) is 4.57 Å². The van der Waals surface area contributed by atoms with Crippen molar-refractivity contribution < 1.29 is 9.84 Å². The van der Waals surface area contributed by atoms with Crippen LogP contribution in [-0.4, -0.2) is 26.7 Å². The van der Waals surface area contributed by atoms with E-state index >= 15 is 0 Å². The zero-order chi connectivity index (χ0) is 19.3. The Hall–Kier alpha value is -3.18. The van der Waals surface area contributed by atoms with Crippen LogP contribution in [0.15, 0.2) is 38.8 Å². The standard InChI is InChI=1S/C18H20N4O4/c1-12-16(21(3)18(25)22(17(12)24)9-6-10-23)20-13(2)26-15-8-5-4-7-14(15)11-19/h4-5,7-8,23H,6,9-10H2,1-3H3. The zero-order valence-electron chi connectivity index (χ0n) is 14.9. The molecule has 8 nitrogen and oxygen atoms in total. The number of nitriles is 1. The van der Waals surface area contributed by atoms with E-state index in [1.54, 1.807) is 38.1 Å². The van der Waals surface area contributed by atoms with Crippen LogP contribution in [0.4, 0.5) is 5.82 Å². The van der Waals surface area contributed by atoms with Crippen molar-refractivity contribution >= 4 is 11.7 Å². The molecule has 0 atom stereocenters. The number of aliphatic imine (C=N–C) groups is 1. The number of benzene rings is 1. The van der Waals surface area contributed by atoms with Crippen LogP contribution < -0.4 is 16.0 Å². The fourth-order valence-electron chi connectivity index (χ4n) is 2.47. The van der Waals surface area contributed by atoms with Crippen molar-refractivity contribution in [2.24, 2.45) is 12.0 Å². The first-order valence-corrected chi connectivity index (χ1v) is 8.04. The highest BCUT2D eigenvalue weighted by molar-refractivity contribution is 5.79. The molecule has 136 valence electrons. The molecule has 0 saturated carbocycles. The molecule has 0 bridgehead atoms. The van der Waals surface area contributed by atoms with Gasteiger partial charge in [-0.1, -0.05) is 12.1 Å². The summed E-state index contributed by atoms with van der Waals surface area (Å²) in [4.78, 5) is 29.1. The summed E-state index contributed by atoms with van der Waals surface area (Å²) in [6.45, 7) is 3.18. The molecule has 0 aliphatic carbocycles.